The lowest BCUT2D eigenvalue weighted by Gasteiger charge is -2.19. The van der Waals surface area contributed by atoms with Crippen molar-refractivity contribution in [2.45, 2.75) is 32.7 Å². The molecule has 1 aromatic heterocycles. The molecule has 0 saturated heterocycles. The van der Waals surface area contributed by atoms with Gasteiger partial charge in [-0.2, -0.15) is 0 Å². The number of para-hydroxylation sites is 2. The molecule has 0 unspecified atom stereocenters. The van der Waals surface area contributed by atoms with Crippen LogP contribution in [0.1, 0.15) is 31.9 Å². The number of fused-ring (bicyclic) bond motifs is 1. The third-order valence-electron chi connectivity index (χ3n) is 4.99. The molecule has 142 valence electrons. The van der Waals surface area contributed by atoms with Crippen molar-refractivity contribution < 1.29 is 0 Å². The van der Waals surface area contributed by atoms with Crippen molar-refractivity contribution in [3.05, 3.63) is 87.9 Å². The Labute approximate surface area is 175 Å². The van der Waals surface area contributed by atoms with Crippen molar-refractivity contribution in [3.63, 3.8) is 0 Å². The van der Waals surface area contributed by atoms with Gasteiger partial charge in [-0.25, -0.2) is 4.98 Å². The quantitative estimate of drug-likeness (QED) is 0.346. The van der Waals surface area contributed by atoms with Crippen LogP contribution < -0.4 is 0 Å². The SMILES string of the molecule is CC(C)(C)c1ccc(-c2nc3ccccc3n2Cc2ccc(Cl)c(Cl)c2)cc1. The molecule has 1 heterocycles. The summed E-state index contributed by atoms with van der Waals surface area (Å²) in [6, 6.07) is 22.7. The van der Waals surface area contributed by atoms with Crippen LogP contribution in [-0.2, 0) is 12.0 Å². The van der Waals surface area contributed by atoms with Crippen LogP contribution in [0, 0.1) is 0 Å². The predicted molar refractivity (Wildman–Crippen MR) is 119 cm³/mol. The Morgan fingerprint density at radius 2 is 1.57 bits per heavy atom. The minimum Gasteiger partial charge on any atom is -0.319 e. The standard InChI is InChI=1S/C24H22Cl2N2/c1-24(2,3)18-11-9-17(10-12-18)23-27-21-6-4-5-7-22(21)28(23)15-16-8-13-19(25)20(26)14-16/h4-14H,15H2,1-3H3. The number of aromatic nitrogens is 2. The van der Waals surface area contributed by atoms with Gasteiger partial charge in [-0.1, -0.05) is 86.4 Å². The zero-order valence-electron chi connectivity index (χ0n) is 16.2. The highest BCUT2D eigenvalue weighted by molar-refractivity contribution is 6.42. The third-order valence-corrected chi connectivity index (χ3v) is 5.73. The fourth-order valence-corrected chi connectivity index (χ4v) is 3.72. The second-order valence-electron chi connectivity index (χ2n) is 8.09. The van der Waals surface area contributed by atoms with E-state index in [9.17, 15) is 0 Å². The van der Waals surface area contributed by atoms with Crippen LogP contribution >= 0.6 is 23.2 Å². The smallest absolute Gasteiger partial charge is 0.141 e. The van der Waals surface area contributed by atoms with E-state index in [4.69, 9.17) is 28.2 Å². The Morgan fingerprint density at radius 1 is 0.857 bits per heavy atom. The Kier molecular flexibility index (Phi) is 4.95. The first-order valence-corrected chi connectivity index (χ1v) is 10.1. The average Bonchev–Trinajstić information content (AvgIpc) is 3.03. The van der Waals surface area contributed by atoms with Crippen molar-refractivity contribution in [3.8, 4) is 11.4 Å². The van der Waals surface area contributed by atoms with Gasteiger partial charge in [-0.05, 0) is 40.8 Å². The first kappa shape index (κ1) is 19.0. The molecule has 0 aliphatic carbocycles. The van der Waals surface area contributed by atoms with Gasteiger partial charge in [-0.3, -0.25) is 0 Å². The van der Waals surface area contributed by atoms with Crippen molar-refractivity contribution in [1.82, 2.24) is 9.55 Å². The average molecular weight is 409 g/mol. The van der Waals surface area contributed by atoms with Crippen molar-refractivity contribution in [1.29, 1.82) is 0 Å². The van der Waals surface area contributed by atoms with Crippen molar-refractivity contribution in [2.75, 3.05) is 0 Å². The molecule has 0 saturated carbocycles. The lowest BCUT2D eigenvalue weighted by molar-refractivity contribution is 0.590. The number of hydrogen-bond acceptors (Lipinski definition) is 1. The summed E-state index contributed by atoms with van der Waals surface area (Å²) in [5, 5.41) is 1.14. The van der Waals surface area contributed by atoms with Gasteiger partial charge in [0, 0.05) is 12.1 Å². The number of benzene rings is 3. The topological polar surface area (TPSA) is 17.8 Å². The Bertz CT molecular complexity index is 1140. The van der Waals surface area contributed by atoms with E-state index in [-0.39, 0.29) is 5.41 Å². The number of nitrogens with zero attached hydrogens (tertiary/aromatic N) is 2. The minimum absolute atomic E-state index is 0.124. The maximum atomic E-state index is 6.23. The Balaban J connectivity index is 1.82. The monoisotopic (exact) mass is 408 g/mol. The van der Waals surface area contributed by atoms with Gasteiger partial charge < -0.3 is 4.57 Å². The normalized spacial score (nSPS) is 11.9. The third kappa shape index (κ3) is 3.67. The molecular formula is C24H22Cl2N2. The van der Waals surface area contributed by atoms with Crippen LogP contribution in [-0.4, -0.2) is 9.55 Å². The Morgan fingerprint density at radius 3 is 2.25 bits per heavy atom. The molecule has 4 heteroatoms. The largest absolute Gasteiger partial charge is 0.319 e. The lowest BCUT2D eigenvalue weighted by atomic mass is 9.87. The molecule has 3 aromatic carbocycles. The summed E-state index contributed by atoms with van der Waals surface area (Å²) >= 11 is 12.3. The fourth-order valence-electron chi connectivity index (χ4n) is 3.40. The lowest BCUT2D eigenvalue weighted by Crippen LogP contribution is -2.10. The zero-order chi connectivity index (χ0) is 19.9. The van der Waals surface area contributed by atoms with Crippen LogP contribution in [0.5, 0.6) is 0 Å². The second-order valence-corrected chi connectivity index (χ2v) is 8.90. The van der Waals surface area contributed by atoms with Gasteiger partial charge in [0.15, 0.2) is 0 Å². The van der Waals surface area contributed by atoms with E-state index in [1.54, 1.807) is 0 Å². The first-order chi connectivity index (χ1) is 13.3. The van der Waals surface area contributed by atoms with Gasteiger partial charge in [0.25, 0.3) is 0 Å². The number of hydrogen-bond donors (Lipinski definition) is 0. The first-order valence-electron chi connectivity index (χ1n) is 9.33. The van der Waals surface area contributed by atoms with Gasteiger partial charge >= 0.3 is 0 Å². The van der Waals surface area contributed by atoms with Crippen LogP contribution in [0.25, 0.3) is 22.4 Å². The highest BCUT2D eigenvalue weighted by atomic mass is 35.5. The molecule has 0 radical (unpaired) electrons. The summed E-state index contributed by atoms with van der Waals surface area (Å²) in [6.45, 7) is 7.35. The van der Waals surface area contributed by atoms with Crippen LogP contribution in [0.2, 0.25) is 10.0 Å². The molecule has 4 rings (SSSR count). The number of imidazole rings is 1. The summed E-state index contributed by atoms with van der Waals surface area (Å²) in [7, 11) is 0. The minimum atomic E-state index is 0.124. The number of rotatable bonds is 3. The molecule has 0 aliphatic heterocycles. The fraction of sp³-hybridized carbons (Fsp3) is 0.208. The highest BCUT2D eigenvalue weighted by Gasteiger charge is 2.16. The molecule has 0 N–H and O–H groups in total. The summed E-state index contributed by atoms with van der Waals surface area (Å²) in [5.41, 5.74) is 5.71. The van der Waals surface area contributed by atoms with E-state index in [2.05, 4.69) is 55.7 Å². The molecule has 0 bridgehead atoms. The summed E-state index contributed by atoms with van der Waals surface area (Å²) in [4.78, 5) is 4.91. The summed E-state index contributed by atoms with van der Waals surface area (Å²) < 4.78 is 2.24. The van der Waals surface area contributed by atoms with Gasteiger partial charge in [-0.15, -0.1) is 0 Å². The molecule has 0 atom stereocenters. The summed E-state index contributed by atoms with van der Waals surface area (Å²) in [5.74, 6) is 0.952. The van der Waals surface area contributed by atoms with Crippen LogP contribution in [0.15, 0.2) is 66.7 Å². The van der Waals surface area contributed by atoms with Crippen LogP contribution in [0.3, 0.4) is 0 Å². The predicted octanol–water partition coefficient (Wildman–Crippen LogP) is 7.36. The van der Waals surface area contributed by atoms with E-state index in [1.807, 2.05) is 36.4 Å². The van der Waals surface area contributed by atoms with Gasteiger partial charge in [0.2, 0.25) is 0 Å². The molecule has 28 heavy (non-hydrogen) atoms. The van der Waals surface area contributed by atoms with E-state index >= 15 is 0 Å². The van der Waals surface area contributed by atoms with E-state index in [0.29, 0.717) is 16.6 Å². The van der Waals surface area contributed by atoms with E-state index in [1.165, 1.54) is 5.56 Å². The second kappa shape index (κ2) is 7.27. The highest BCUT2D eigenvalue weighted by Crippen LogP contribution is 2.30. The van der Waals surface area contributed by atoms with Crippen molar-refractivity contribution in [2.24, 2.45) is 0 Å². The zero-order valence-corrected chi connectivity index (χ0v) is 17.7. The van der Waals surface area contributed by atoms with Crippen LogP contribution in [0.4, 0.5) is 0 Å². The van der Waals surface area contributed by atoms with Gasteiger partial charge in [0.05, 0.1) is 21.1 Å². The molecule has 0 spiro atoms. The van der Waals surface area contributed by atoms with Crippen molar-refractivity contribution >= 4 is 34.2 Å². The number of halogens is 2. The van der Waals surface area contributed by atoms with E-state index in [0.717, 1.165) is 28.0 Å². The Hall–Kier alpha value is -2.29. The molecule has 4 aromatic rings. The molecule has 0 amide bonds. The summed E-state index contributed by atoms with van der Waals surface area (Å²) in [6.07, 6.45) is 0. The maximum Gasteiger partial charge on any atom is 0.141 e. The molecular weight excluding hydrogens is 387 g/mol. The van der Waals surface area contributed by atoms with Gasteiger partial charge in [0.1, 0.15) is 5.82 Å². The molecule has 2 nitrogen and oxygen atoms in total. The molecule has 0 aliphatic rings. The van der Waals surface area contributed by atoms with E-state index < -0.39 is 0 Å². The molecule has 0 fully saturated rings. The maximum absolute atomic E-state index is 6.23.